The summed E-state index contributed by atoms with van der Waals surface area (Å²) in [4.78, 5) is 25.0. The van der Waals surface area contributed by atoms with E-state index in [1.807, 2.05) is 38.1 Å². The van der Waals surface area contributed by atoms with Gasteiger partial charge in [0.05, 0.1) is 5.56 Å². The van der Waals surface area contributed by atoms with Gasteiger partial charge in [-0.25, -0.2) is 4.79 Å². The highest BCUT2D eigenvalue weighted by atomic mass is 16.5. The van der Waals surface area contributed by atoms with E-state index in [-0.39, 0.29) is 11.3 Å². The Bertz CT molecular complexity index is 1070. The second-order valence-corrected chi connectivity index (χ2v) is 6.58. The molecule has 1 aliphatic heterocycles. The normalized spacial score (nSPS) is 14.8. The summed E-state index contributed by atoms with van der Waals surface area (Å²) in [6.07, 6.45) is 3.81. The molecule has 4 rings (SSSR count). The van der Waals surface area contributed by atoms with Crippen LogP contribution in [0.25, 0.3) is 17.0 Å². The smallest absolute Gasteiger partial charge is 0.347 e. The number of carbonyl (C=O) groups is 1. The Morgan fingerprint density at radius 1 is 1.04 bits per heavy atom. The Morgan fingerprint density at radius 3 is 2.56 bits per heavy atom. The van der Waals surface area contributed by atoms with Crippen molar-refractivity contribution in [2.45, 2.75) is 19.4 Å². The summed E-state index contributed by atoms with van der Waals surface area (Å²) in [6, 6.07) is 13.9. The maximum atomic E-state index is 12.6. The first-order valence-corrected chi connectivity index (χ1v) is 8.03. The first kappa shape index (κ1) is 15.4. The fourth-order valence-electron chi connectivity index (χ4n) is 2.94. The third-order valence-electron chi connectivity index (χ3n) is 4.21. The Labute approximate surface area is 144 Å². The summed E-state index contributed by atoms with van der Waals surface area (Å²) < 4.78 is 11.4. The Hall–Kier alpha value is -3.14. The van der Waals surface area contributed by atoms with Crippen LogP contribution in [0, 0.1) is 0 Å². The molecule has 1 aliphatic rings. The van der Waals surface area contributed by atoms with Crippen LogP contribution in [0.15, 0.2) is 63.8 Å². The maximum absolute atomic E-state index is 12.6. The minimum Gasteiger partial charge on any atom is -0.483 e. The first-order chi connectivity index (χ1) is 11.9. The van der Waals surface area contributed by atoms with E-state index in [1.165, 1.54) is 0 Å². The van der Waals surface area contributed by atoms with E-state index in [0.29, 0.717) is 27.8 Å². The Morgan fingerprint density at radius 2 is 1.80 bits per heavy atom. The summed E-state index contributed by atoms with van der Waals surface area (Å²) in [5, 5.41) is 0.686. The molecular formula is C21H16O4. The number of carbonyl (C=O) groups excluding carboxylic acids is 1. The van der Waals surface area contributed by atoms with Gasteiger partial charge in [0, 0.05) is 10.9 Å². The summed E-state index contributed by atoms with van der Waals surface area (Å²) in [5.41, 5.74) is 0.570. The molecule has 0 N–H and O–H groups in total. The van der Waals surface area contributed by atoms with Crippen molar-refractivity contribution in [3.8, 4) is 5.75 Å². The van der Waals surface area contributed by atoms with Gasteiger partial charge in [0.25, 0.3) is 0 Å². The average Bonchev–Trinajstić information content (AvgIpc) is 2.60. The molecule has 0 bridgehead atoms. The van der Waals surface area contributed by atoms with E-state index in [9.17, 15) is 9.59 Å². The number of fused-ring (bicyclic) bond motifs is 3. The quantitative estimate of drug-likeness (QED) is 0.521. The molecule has 0 saturated carbocycles. The van der Waals surface area contributed by atoms with Gasteiger partial charge < -0.3 is 9.15 Å². The molecule has 0 fully saturated rings. The molecule has 4 heteroatoms. The van der Waals surface area contributed by atoms with E-state index in [2.05, 4.69) is 0 Å². The van der Waals surface area contributed by atoms with E-state index >= 15 is 0 Å². The maximum Gasteiger partial charge on any atom is 0.347 e. The molecule has 2 heterocycles. The van der Waals surface area contributed by atoms with Crippen molar-refractivity contribution in [2.24, 2.45) is 0 Å². The molecule has 1 aromatic heterocycles. The minimum atomic E-state index is -0.645. The monoisotopic (exact) mass is 332 g/mol. The molecule has 124 valence electrons. The molecule has 0 spiro atoms. The predicted molar refractivity (Wildman–Crippen MR) is 96.1 cm³/mol. The number of hydrogen-bond donors (Lipinski definition) is 0. The van der Waals surface area contributed by atoms with Crippen LogP contribution in [0.3, 0.4) is 0 Å². The first-order valence-electron chi connectivity index (χ1n) is 8.03. The lowest BCUT2D eigenvalue weighted by Crippen LogP contribution is -2.27. The summed E-state index contributed by atoms with van der Waals surface area (Å²) in [5.74, 6) is 0.312. The van der Waals surface area contributed by atoms with Crippen LogP contribution in [0.5, 0.6) is 5.75 Å². The van der Waals surface area contributed by atoms with Crippen LogP contribution in [-0.4, -0.2) is 11.4 Å². The van der Waals surface area contributed by atoms with Gasteiger partial charge in [0.1, 0.15) is 22.5 Å². The van der Waals surface area contributed by atoms with Gasteiger partial charge in [0.15, 0.2) is 5.78 Å². The summed E-state index contributed by atoms with van der Waals surface area (Å²) in [6.45, 7) is 3.91. The predicted octanol–water partition coefficient (Wildman–Crippen LogP) is 4.21. The van der Waals surface area contributed by atoms with Crippen LogP contribution >= 0.6 is 0 Å². The van der Waals surface area contributed by atoms with Crippen molar-refractivity contribution in [3.05, 3.63) is 81.7 Å². The average molecular weight is 332 g/mol. The van der Waals surface area contributed by atoms with Crippen LogP contribution in [0.4, 0.5) is 0 Å². The number of ketones is 1. The lowest BCUT2D eigenvalue weighted by Gasteiger charge is -2.27. The van der Waals surface area contributed by atoms with Crippen molar-refractivity contribution < 1.29 is 13.9 Å². The van der Waals surface area contributed by atoms with E-state index in [4.69, 9.17) is 9.15 Å². The zero-order valence-electron chi connectivity index (χ0n) is 13.9. The number of ether oxygens (including phenoxy) is 1. The molecule has 0 amide bonds. The fraction of sp³-hybridized carbons (Fsp3) is 0.143. The molecule has 0 radical (unpaired) electrons. The van der Waals surface area contributed by atoms with Gasteiger partial charge >= 0.3 is 5.63 Å². The standard InChI is InChI=1S/C21H16O4/c1-21(2)11-10-15-17(25-21)9-8-14-12-16(20(23)24-19(14)15)18(22)13-6-4-3-5-7-13/h3-12H,1-2H3. The fourth-order valence-corrected chi connectivity index (χ4v) is 2.94. The van der Waals surface area contributed by atoms with Crippen LogP contribution in [0.2, 0.25) is 0 Å². The van der Waals surface area contributed by atoms with Gasteiger partial charge in [-0.1, -0.05) is 30.3 Å². The van der Waals surface area contributed by atoms with Crippen molar-refractivity contribution in [3.63, 3.8) is 0 Å². The minimum absolute atomic E-state index is 0.0275. The SMILES string of the molecule is CC1(C)C=Cc2c(ccc3cc(C(=O)c4ccccc4)c(=O)oc23)O1. The lowest BCUT2D eigenvalue weighted by molar-refractivity contribution is 0.103. The molecule has 0 aliphatic carbocycles. The van der Waals surface area contributed by atoms with E-state index < -0.39 is 11.2 Å². The van der Waals surface area contributed by atoms with Gasteiger partial charge in [-0.15, -0.1) is 0 Å². The van der Waals surface area contributed by atoms with Crippen LogP contribution in [-0.2, 0) is 0 Å². The largest absolute Gasteiger partial charge is 0.483 e. The van der Waals surface area contributed by atoms with Crippen molar-refractivity contribution in [1.82, 2.24) is 0 Å². The Kier molecular flexibility index (Phi) is 3.35. The molecule has 0 atom stereocenters. The molecule has 25 heavy (non-hydrogen) atoms. The van der Waals surface area contributed by atoms with Crippen molar-refractivity contribution in [2.75, 3.05) is 0 Å². The number of hydrogen-bond acceptors (Lipinski definition) is 4. The van der Waals surface area contributed by atoms with Crippen molar-refractivity contribution in [1.29, 1.82) is 0 Å². The highest BCUT2D eigenvalue weighted by molar-refractivity contribution is 6.10. The Balaban J connectivity index is 1.88. The zero-order chi connectivity index (χ0) is 17.6. The second-order valence-electron chi connectivity index (χ2n) is 6.58. The summed E-state index contributed by atoms with van der Waals surface area (Å²) in [7, 11) is 0. The van der Waals surface area contributed by atoms with E-state index in [1.54, 1.807) is 36.4 Å². The third-order valence-corrected chi connectivity index (χ3v) is 4.21. The number of benzene rings is 2. The molecule has 3 aromatic rings. The van der Waals surface area contributed by atoms with Gasteiger partial charge in [0.2, 0.25) is 0 Å². The molecular weight excluding hydrogens is 316 g/mol. The highest BCUT2D eigenvalue weighted by Gasteiger charge is 2.24. The second kappa shape index (κ2) is 5.45. The van der Waals surface area contributed by atoms with Gasteiger partial charge in [-0.3, -0.25) is 4.79 Å². The van der Waals surface area contributed by atoms with Crippen LogP contribution < -0.4 is 10.4 Å². The lowest BCUT2D eigenvalue weighted by atomic mass is 9.99. The highest BCUT2D eigenvalue weighted by Crippen LogP contribution is 2.35. The van der Waals surface area contributed by atoms with Gasteiger partial charge in [-0.05, 0) is 44.2 Å². The molecule has 4 nitrogen and oxygen atoms in total. The molecule has 0 unspecified atom stereocenters. The van der Waals surface area contributed by atoms with Crippen molar-refractivity contribution >= 4 is 22.8 Å². The molecule has 0 saturated heterocycles. The number of rotatable bonds is 2. The summed E-state index contributed by atoms with van der Waals surface area (Å²) >= 11 is 0. The van der Waals surface area contributed by atoms with Crippen LogP contribution in [0.1, 0.15) is 35.3 Å². The zero-order valence-corrected chi connectivity index (χ0v) is 13.9. The molecule has 2 aromatic carbocycles. The topological polar surface area (TPSA) is 56.5 Å². The van der Waals surface area contributed by atoms with Gasteiger partial charge in [-0.2, -0.15) is 0 Å². The van der Waals surface area contributed by atoms with E-state index in [0.717, 1.165) is 0 Å². The third kappa shape index (κ3) is 2.66.